The summed E-state index contributed by atoms with van der Waals surface area (Å²) in [5, 5.41) is 8.00. The van der Waals surface area contributed by atoms with Gasteiger partial charge in [0, 0.05) is 23.8 Å². The van der Waals surface area contributed by atoms with Crippen molar-refractivity contribution in [1.29, 1.82) is 0 Å². The van der Waals surface area contributed by atoms with E-state index in [2.05, 4.69) is 20.4 Å². The first-order valence-corrected chi connectivity index (χ1v) is 13.2. The summed E-state index contributed by atoms with van der Waals surface area (Å²) >= 11 is 6.75. The summed E-state index contributed by atoms with van der Waals surface area (Å²) in [6.07, 6.45) is -3.43. The van der Waals surface area contributed by atoms with Gasteiger partial charge in [-0.15, -0.1) is 0 Å². The summed E-state index contributed by atoms with van der Waals surface area (Å²) in [5.41, 5.74) is 5.48. The number of fused-ring (bicyclic) bond motifs is 1. The third-order valence-electron chi connectivity index (χ3n) is 7.31. The van der Waals surface area contributed by atoms with Crippen LogP contribution in [0.4, 0.5) is 13.2 Å². The van der Waals surface area contributed by atoms with Crippen LogP contribution >= 0.6 is 11.6 Å². The molecule has 3 N–H and O–H groups in total. The van der Waals surface area contributed by atoms with E-state index in [0.29, 0.717) is 41.6 Å². The van der Waals surface area contributed by atoms with Crippen LogP contribution in [0, 0.1) is 6.92 Å². The lowest BCUT2D eigenvalue weighted by molar-refractivity contribution is -0.137. The van der Waals surface area contributed by atoms with E-state index in [1.54, 1.807) is 6.92 Å². The molecule has 0 unspecified atom stereocenters. The first kappa shape index (κ1) is 27.5. The predicted octanol–water partition coefficient (Wildman–Crippen LogP) is 5.50. The van der Waals surface area contributed by atoms with E-state index in [0.717, 1.165) is 22.2 Å². The number of carbonyl (C=O) groups is 2. The SMILES string of the molecule is Cc1noc(-c2c(Cl)c3ccccc3n2-c2ccc(CNC(=O)C3(c4ncc(C(F)(F)F)cc4C(N)=O)CC3)cc2)n1. The number of benzene rings is 2. The summed E-state index contributed by atoms with van der Waals surface area (Å²) in [6, 6.07) is 15.6. The number of pyridine rings is 1. The van der Waals surface area contributed by atoms with Gasteiger partial charge in [-0.1, -0.05) is 47.1 Å². The molecule has 2 amide bonds. The summed E-state index contributed by atoms with van der Waals surface area (Å²) in [7, 11) is 0. The molecule has 42 heavy (non-hydrogen) atoms. The molecular weight excluding hydrogens is 573 g/mol. The number of para-hydroxylation sites is 1. The van der Waals surface area contributed by atoms with Gasteiger partial charge in [-0.3, -0.25) is 14.6 Å². The zero-order chi connectivity index (χ0) is 29.8. The Morgan fingerprint density at radius 3 is 2.48 bits per heavy atom. The highest BCUT2D eigenvalue weighted by atomic mass is 35.5. The lowest BCUT2D eigenvalue weighted by Gasteiger charge is -2.18. The number of carbonyl (C=O) groups excluding carboxylic acids is 2. The number of alkyl halides is 3. The summed E-state index contributed by atoms with van der Waals surface area (Å²) < 4.78 is 46.9. The summed E-state index contributed by atoms with van der Waals surface area (Å²) in [4.78, 5) is 33.4. The molecule has 1 saturated carbocycles. The minimum absolute atomic E-state index is 0.0454. The van der Waals surface area contributed by atoms with E-state index in [4.69, 9.17) is 21.9 Å². The normalized spacial score (nSPS) is 14.2. The number of hydrogen-bond donors (Lipinski definition) is 2. The number of nitrogens with two attached hydrogens (primary N) is 1. The number of nitrogens with one attached hydrogen (secondary N) is 1. The largest absolute Gasteiger partial charge is 0.417 e. The maximum Gasteiger partial charge on any atom is 0.417 e. The molecule has 9 nitrogen and oxygen atoms in total. The molecule has 6 rings (SSSR count). The molecule has 0 radical (unpaired) electrons. The summed E-state index contributed by atoms with van der Waals surface area (Å²) in [5.74, 6) is -0.789. The smallest absolute Gasteiger partial charge is 0.366 e. The van der Waals surface area contributed by atoms with Gasteiger partial charge in [0.25, 0.3) is 11.8 Å². The van der Waals surface area contributed by atoms with Gasteiger partial charge in [0.2, 0.25) is 5.91 Å². The topological polar surface area (TPSA) is 129 Å². The van der Waals surface area contributed by atoms with Crippen molar-refractivity contribution in [1.82, 2.24) is 25.0 Å². The molecule has 0 atom stereocenters. The Hall–Kier alpha value is -4.71. The average Bonchev–Trinajstić information content (AvgIpc) is 3.59. The van der Waals surface area contributed by atoms with Crippen molar-refractivity contribution >= 4 is 34.3 Å². The van der Waals surface area contributed by atoms with Gasteiger partial charge < -0.3 is 20.1 Å². The van der Waals surface area contributed by atoms with Crippen LogP contribution in [0.15, 0.2) is 65.3 Å². The molecule has 0 saturated heterocycles. The Bertz CT molecular complexity index is 1860. The molecule has 3 aromatic heterocycles. The van der Waals surface area contributed by atoms with Gasteiger partial charge in [0.05, 0.1) is 32.8 Å². The lowest BCUT2D eigenvalue weighted by Crippen LogP contribution is -2.36. The van der Waals surface area contributed by atoms with Gasteiger partial charge >= 0.3 is 6.18 Å². The first-order valence-electron chi connectivity index (χ1n) is 12.8. The van der Waals surface area contributed by atoms with E-state index >= 15 is 0 Å². The van der Waals surface area contributed by atoms with Crippen LogP contribution in [0.25, 0.3) is 28.2 Å². The van der Waals surface area contributed by atoms with Crippen molar-refractivity contribution in [3.05, 3.63) is 94.0 Å². The molecule has 1 aliphatic carbocycles. The molecule has 1 aliphatic rings. The second-order valence-corrected chi connectivity index (χ2v) is 10.5. The Morgan fingerprint density at radius 1 is 1.14 bits per heavy atom. The minimum Gasteiger partial charge on any atom is -0.366 e. The fourth-order valence-corrected chi connectivity index (χ4v) is 5.38. The van der Waals surface area contributed by atoms with Crippen LogP contribution in [0.1, 0.15) is 45.8 Å². The number of hydrogen-bond acceptors (Lipinski definition) is 6. The molecule has 3 heterocycles. The van der Waals surface area contributed by atoms with Crippen LogP contribution in [0.5, 0.6) is 0 Å². The monoisotopic (exact) mass is 594 g/mol. The molecule has 0 aliphatic heterocycles. The van der Waals surface area contributed by atoms with Crippen molar-refractivity contribution in [2.75, 3.05) is 0 Å². The molecule has 214 valence electrons. The Kier molecular flexibility index (Phi) is 6.53. The zero-order valence-corrected chi connectivity index (χ0v) is 22.8. The maximum absolute atomic E-state index is 13.2. The van der Waals surface area contributed by atoms with Crippen LogP contribution < -0.4 is 11.1 Å². The van der Waals surface area contributed by atoms with Crippen molar-refractivity contribution < 1.29 is 27.3 Å². The van der Waals surface area contributed by atoms with E-state index in [9.17, 15) is 22.8 Å². The molecule has 5 aromatic rings. The van der Waals surface area contributed by atoms with E-state index in [1.165, 1.54) is 0 Å². The summed E-state index contributed by atoms with van der Waals surface area (Å²) in [6.45, 7) is 1.85. The van der Waals surface area contributed by atoms with Crippen molar-refractivity contribution in [2.24, 2.45) is 5.73 Å². The quantitative estimate of drug-likeness (QED) is 0.256. The van der Waals surface area contributed by atoms with Gasteiger partial charge in [-0.05, 0) is 49.6 Å². The molecule has 0 spiro atoms. The number of halogens is 4. The second-order valence-electron chi connectivity index (χ2n) is 10.1. The van der Waals surface area contributed by atoms with Crippen molar-refractivity contribution in [3.63, 3.8) is 0 Å². The number of aromatic nitrogens is 4. The molecule has 0 bridgehead atoms. The van der Waals surface area contributed by atoms with E-state index in [-0.39, 0.29) is 18.1 Å². The Balaban J connectivity index is 1.25. The number of aryl methyl sites for hydroxylation is 1. The minimum atomic E-state index is -4.70. The molecule has 13 heteroatoms. The highest BCUT2D eigenvalue weighted by Gasteiger charge is 2.54. The number of primary amides is 1. The fourth-order valence-electron chi connectivity index (χ4n) is 5.05. The third kappa shape index (κ3) is 4.67. The zero-order valence-electron chi connectivity index (χ0n) is 22.0. The third-order valence-corrected chi connectivity index (χ3v) is 7.69. The number of amides is 2. The van der Waals surface area contributed by atoms with E-state index in [1.807, 2.05) is 53.1 Å². The average molecular weight is 595 g/mol. The fraction of sp³-hybridized carbons (Fsp3) is 0.207. The van der Waals surface area contributed by atoms with Gasteiger partial charge in [0.1, 0.15) is 5.69 Å². The number of nitrogens with zero attached hydrogens (tertiary/aromatic N) is 4. The lowest BCUT2D eigenvalue weighted by atomic mass is 9.94. The maximum atomic E-state index is 13.2. The molecule has 2 aromatic carbocycles. The standard InChI is InChI=1S/C29H22ClF3N6O3/c1-15-37-26(42-38-15)23-22(30)19-4-2-3-5-21(19)39(23)18-8-6-16(7-9-18)13-36-27(41)28(10-11-28)24-20(25(34)40)12-17(14-35-24)29(31,32)33/h2-9,12,14H,10-11,13H2,1H3,(H2,34,40)(H,36,41). The van der Waals surface area contributed by atoms with Gasteiger partial charge in [-0.25, -0.2) is 0 Å². The van der Waals surface area contributed by atoms with Crippen LogP contribution in [0.3, 0.4) is 0 Å². The predicted molar refractivity (Wildman–Crippen MR) is 147 cm³/mol. The number of rotatable bonds is 7. The van der Waals surface area contributed by atoms with E-state index < -0.39 is 34.5 Å². The van der Waals surface area contributed by atoms with Crippen molar-refractivity contribution in [3.8, 4) is 17.3 Å². The Labute approximate surface area is 241 Å². The Morgan fingerprint density at radius 2 is 1.86 bits per heavy atom. The first-order chi connectivity index (χ1) is 20.0. The highest BCUT2D eigenvalue weighted by molar-refractivity contribution is 6.38. The second kappa shape index (κ2) is 9.98. The van der Waals surface area contributed by atoms with Crippen LogP contribution in [0.2, 0.25) is 5.02 Å². The van der Waals surface area contributed by atoms with Crippen LogP contribution in [-0.2, 0) is 22.9 Å². The van der Waals surface area contributed by atoms with Crippen LogP contribution in [-0.4, -0.2) is 31.5 Å². The van der Waals surface area contributed by atoms with Gasteiger partial charge in [-0.2, -0.15) is 18.2 Å². The molecule has 1 fully saturated rings. The van der Waals surface area contributed by atoms with Gasteiger partial charge in [0.15, 0.2) is 5.82 Å². The highest BCUT2D eigenvalue weighted by Crippen LogP contribution is 2.49. The molecular formula is C29H22ClF3N6O3. The van der Waals surface area contributed by atoms with Crippen molar-refractivity contribution in [2.45, 2.75) is 37.9 Å².